The van der Waals surface area contributed by atoms with Crippen molar-refractivity contribution >= 4 is 11.9 Å². The normalized spacial score (nSPS) is 17.8. The number of hydrogen-bond acceptors (Lipinski definition) is 3. The molecule has 1 aromatic carbocycles. The van der Waals surface area contributed by atoms with Crippen LogP contribution in [0.1, 0.15) is 29.8 Å². The van der Waals surface area contributed by atoms with E-state index in [4.69, 9.17) is 9.84 Å². The fourth-order valence-electron chi connectivity index (χ4n) is 2.33. The summed E-state index contributed by atoms with van der Waals surface area (Å²) in [5.74, 6) is -0.976. The van der Waals surface area contributed by atoms with E-state index in [1.807, 2.05) is 13.8 Å². The Labute approximate surface area is 118 Å². The van der Waals surface area contributed by atoms with Crippen LogP contribution in [0.4, 0.5) is 0 Å². The van der Waals surface area contributed by atoms with Gasteiger partial charge in [-0.25, -0.2) is 4.79 Å². The van der Waals surface area contributed by atoms with Gasteiger partial charge in [0.2, 0.25) is 5.91 Å². The highest BCUT2D eigenvalue weighted by Crippen LogP contribution is 2.17. The van der Waals surface area contributed by atoms with Gasteiger partial charge in [-0.15, -0.1) is 0 Å². The quantitative estimate of drug-likeness (QED) is 0.910. The molecular weight excluding hydrogens is 258 g/mol. The predicted octanol–water partition coefficient (Wildman–Crippen LogP) is 1.56. The van der Waals surface area contributed by atoms with Gasteiger partial charge in [0.25, 0.3) is 0 Å². The Bertz CT molecular complexity index is 524. The number of ether oxygens (including phenoxy) is 1. The van der Waals surface area contributed by atoms with E-state index >= 15 is 0 Å². The highest BCUT2D eigenvalue weighted by atomic mass is 16.5. The summed E-state index contributed by atoms with van der Waals surface area (Å²) in [6.45, 7) is 5.59. The molecule has 1 saturated heterocycles. The molecule has 1 aliphatic heterocycles. The maximum atomic E-state index is 12.3. The number of benzene rings is 1. The molecule has 2 rings (SSSR count). The lowest BCUT2D eigenvalue weighted by Crippen LogP contribution is -2.51. The minimum Gasteiger partial charge on any atom is -0.478 e. The number of morpholine rings is 1. The molecule has 1 aromatic rings. The van der Waals surface area contributed by atoms with Crippen LogP contribution in [0.5, 0.6) is 0 Å². The number of amides is 1. The molecule has 0 atom stereocenters. The molecule has 1 amide bonds. The van der Waals surface area contributed by atoms with Crippen LogP contribution in [-0.2, 0) is 16.0 Å². The average molecular weight is 277 g/mol. The van der Waals surface area contributed by atoms with E-state index in [1.165, 1.54) is 6.07 Å². The summed E-state index contributed by atoms with van der Waals surface area (Å²) in [7, 11) is 0. The first-order chi connectivity index (χ1) is 9.37. The van der Waals surface area contributed by atoms with Gasteiger partial charge in [-0.1, -0.05) is 12.1 Å². The van der Waals surface area contributed by atoms with E-state index in [0.29, 0.717) is 19.7 Å². The molecule has 1 heterocycles. The molecule has 1 aliphatic rings. The van der Waals surface area contributed by atoms with Crippen LogP contribution >= 0.6 is 0 Å². The Morgan fingerprint density at radius 1 is 1.40 bits per heavy atom. The standard InChI is InChI=1S/C15H19NO4/c1-15(2)10-16(6-7-20-15)13(17)9-11-4-3-5-12(8-11)14(18)19/h3-5,8H,6-7,9-10H2,1-2H3,(H,18,19). The van der Waals surface area contributed by atoms with Crippen molar-refractivity contribution in [2.45, 2.75) is 25.9 Å². The van der Waals surface area contributed by atoms with Crippen molar-refractivity contribution < 1.29 is 19.4 Å². The van der Waals surface area contributed by atoms with Crippen LogP contribution in [0.2, 0.25) is 0 Å². The second-order valence-corrected chi connectivity index (χ2v) is 5.61. The van der Waals surface area contributed by atoms with Crippen molar-refractivity contribution in [3.8, 4) is 0 Å². The minimum absolute atomic E-state index is 0.00362. The Kier molecular flexibility index (Phi) is 4.09. The molecule has 108 valence electrons. The molecule has 1 fully saturated rings. The number of nitrogens with zero attached hydrogens (tertiary/aromatic N) is 1. The smallest absolute Gasteiger partial charge is 0.335 e. The van der Waals surface area contributed by atoms with Gasteiger partial charge < -0.3 is 14.7 Å². The summed E-state index contributed by atoms with van der Waals surface area (Å²) in [6, 6.07) is 6.51. The first-order valence-corrected chi connectivity index (χ1v) is 6.61. The van der Waals surface area contributed by atoms with Crippen LogP contribution in [0.15, 0.2) is 24.3 Å². The Morgan fingerprint density at radius 2 is 2.15 bits per heavy atom. The number of carboxylic acids is 1. The monoisotopic (exact) mass is 277 g/mol. The van der Waals surface area contributed by atoms with Crippen molar-refractivity contribution in [2.24, 2.45) is 0 Å². The molecular formula is C15H19NO4. The third-order valence-electron chi connectivity index (χ3n) is 3.31. The zero-order valence-electron chi connectivity index (χ0n) is 11.8. The van der Waals surface area contributed by atoms with Crippen LogP contribution in [-0.4, -0.2) is 47.2 Å². The van der Waals surface area contributed by atoms with E-state index in [-0.39, 0.29) is 23.5 Å². The number of carbonyl (C=O) groups excluding carboxylic acids is 1. The lowest BCUT2D eigenvalue weighted by molar-refractivity contribution is -0.145. The van der Waals surface area contributed by atoms with E-state index in [0.717, 1.165) is 5.56 Å². The van der Waals surface area contributed by atoms with Gasteiger partial charge >= 0.3 is 5.97 Å². The zero-order valence-corrected chi connectivity index (χ0v) is 11.8. The second-order valence-electron chi connectivity index (χ2n) is 5.61. The number of carboxylic acid groups (broad SMARTS) is 1. The molecule has 0 aliphatic carbocycles. The topological polar surface area (TPSA) is 66.8 Å². The summed E-state index contributed by atoms with van der Waals surface area (Å²) in [5, 5.41) is 8.95. The molecule has 5 nitrogen and oxygen atoms in total. The number of carbonyl (C=O) groups is 2. The van der Waals surface area contributed by atoms with Gasteiger partial charge in [-0.05, 0) is 31.5 Å². The van der Waals surface area contributed by atoms with Crippen LogP contribution in [0.25, 0.3) is 0 Å². The van der Waals surface area contributed by atoms with Crippen LogP contribution in [0.3, 0.4) is 0 Å². The zero-order chi connectivity index (χ0) is 14.8. The maximum absolute atomic E-state index is 12.3. The number of aromatic carboxylic acids is 1. The molecule has 0 aromatic heterocycles. The summed E-state index contributed by atoms with van der Waals surface area (Å²) < 4.78 is 5.57. The van der Waals surface area contributed by atoms with Crippen LogP contribution in [0, 0.1) is 0 Å². The molecule has 0 bridgehead atoms. The van der Waals surface area contributed by atoms with Crippen molar-refractivity contribution in [3.63, 3.8) is 0 Å². The third kappa shape index (κ3) is 3.57. The Balaban J connectivity index is 2.04. The molecule has 20 heavy (non-hydrogen) atoms. The molecule has 0 unspecified atom stereocenters. The summed E-state index contributed by atoms with van der Waals surface area (Å²) >= 11 is 0. The Hall–Kier alpha value is -1.88. The van der Waals surface area contributed by atoms with Gasteiger partial charge in [-0.2, -0.15) is 0 Å². The van der Waals surface area contributed by atoms with Crippen molar-refractivity contribution in [1.82, 2.24) is 4.90 Å². The van der Waals surface area contributed by atoms with Gasteiger partial charge in [0.15, 0.2) is 0 Å². The van der Waals surface area contributed by atoms with Crippen LogP contribution < -0.4 is 0 Å². The van der Waals surface area contributed by atoms with Gasteiger partial charge in [0.05, 0.1) is 24.2 Å². The summed E-state index contributed by atoms with van der Waals surface area (Å²) in [5.41, 5.74) is 0.605. The van der Waals surface area contributed by atoms with Gasteiger partial charge in [0, 0.05) is 13.1 Å². The van der Waals surface area contributed by atoms with Crippen molar-refractivity contribution in [1.29, 1.82) is 0 Å². The van der Waals surface area contributed by atoms with E-state index in [2.05, 4.69) is 0 Å². The molecule has 5 heteroatoms. The predicted molar refractivity (Wildman–Crippen MR) is 73.7 cm³/mol. The first kappa shape index (κ1) is 14.5. The summed E-state index contributed by atoms with van der Waals surface area (Å²) in [6.07, 6.45) is 0.219. The number of rotatable bonds is 3. The summed E-state index contributed by atoms with van der Waals surface area (Å²) in [4.78, 5) is 24.9. The maximum Gasteiger partial charge on any atom is 0.335 e. The van der Waals surface area contributed by atoms with Crippen molar-refractivity contribution in [2.75, 3.05) is 19.7 Å². The second kappa shape index (κ2) is 5.63. The van der Waals surface area contributed by atoms with E-state index in [9.17, 15) is 9.59 Å². The number of hydrogen-bond donors (Lipinski definition) is 1. The highest BCUT2D eigenvalue weighted by Gasteiger charge is 2.29. The van der Waals surface area contributed by atoms with E-state index < -0.39 is 5.97 Å². The molecule has 0 spiro atoms. The fourth-order valence-corrected chi connectivity index (χ4v) is 2.33. The largest absolute Gasteiger partial charge is 0.478 e. The van der Waals surface area contributed by atoms with Gasteiger partial charge in [-0.3, -0.25) is 4.79 Å². The average Bonchev–Trinajstić information content (AvgIpc) is 2.37. The Morgan fingerprint density at radius 3 is 2.80 bits per heavy atom. The lowest BCUT2D eigenvalue weighted by atomic mass is 10.0. The third-order valence-corrected chi connectivity index (χ3v) is 3.31. The minimum atomic E-state index is -0.980. The van der Waals surface area contributed by atoms with Crippen molar-refractivity contribution in [3.05, 3.63) is 35.4 Å². The first-order valence-electron chi connectivity index (χ1n) is 6.61. The molecule has 0 saturated carbocycles. The molecule has 1 N–H and O–H groups in total. The lowest BCUT2D eigenvalue weighted by Gasteiger charge is -2.38. The fraction of sp³-hybridized carbons (Fsp3) is 0.467. The van der Waals surface area contributed by atoms with Gasteiger partial charge in [0.1, 0.15) is 0 Å². The SMILES string of the molecule is CC1(C)CN(C(=O)Cc2cccc(C(=O)O)c2)CCO1. The highest BCUT2D eigenvalue weighted by molar-refractivity contribution is 5.88. The molecule has 0 radical (unpaired) electrons. The van der Waals surface area contributed by atoms with E-state index in [1.54, 1.807) is 23.1 Å².